The lowest BCUT2D eigenvalue weighted by molar-refractivity contribution is -0.115. The summed E-state index contributed by atoms with van der Waals surface area (Å²) in [6.07, 6.45) is 1.49. The first-order chi connectivity index (χ1) is 13.5. The number of fused-ring (bicyclic) bond motifs is 1. The summed E-state index contributed by atoms with van der Waals surface area (Å²) in [5, 5.41) is 3.43. The zero-order valence-electron chi connectivity index (χ0n) is 14.9. The number of aromatic nitrogens is 3. The number of amides is 1. The second-order valence-corrected chi connectivity index (χ2v) is 7.42. The highest BCUT2D eigenvalue weighted by molar-refractivity contribution is 7.14. The van der Waals surface area contributed by atoms with Crippen LogP contribution in [0.4, 0.5) is 10.8 Å². The number of thiazole rings is 1. The van der Waals surface area contributed by atoms with Gasteiger partial charge in [0.15, 0.2) is 5.13 Å². The Morgan fingerprint density at radius 2 is 2.00 bits per heavy atom. The van der Waals surface area contributed by atoms with E-state index in [4.69, 9.17) is 11.6 Å². The van der Waals surface area contributed by atoms with Gasteiger partial charge in [0.1, 0.15) is 0 Å². The Balaban J connectivity index is 1.66. The first-order valence-electron chi connectivity index (χ1n) is 8.48. The number of para-hydroxylation sites is 1. The molecule has 2 aromatic heterocycles. The van der Waals surface area contributed by atoms with Crippen molar-refractivity contribution in [3.05, 3.63) is 81.3 Å². The molecule has 2 aromatic carbocycles. The Morgan fingerprint density at radius 3 is 2.75 bits per heavy atom. The number of hydrogen-bond donors (Lipinski definition) is 0. The monoisotopic (exact) mass is 410 g/mol. The molecule has 1 amide bonds. The van der Waals surface area contributed by atoms with Crippen molar-refractivity contribution in [2.45, 2.75) is 13.5 Å². The molecule has 0 aliphatic carbocycles. The van der Waals surface area contributed by atoms with Crippen molar-refractivity contribution in [3.8, 4) is 0 Å². The van der Waals surface area contributed by atoms with Crippen LogP contribution in [0.2, 0.25) is 5.02 Å². The van der Waals surface area contributed by atoms with Crippen molar-refractivity contribution in [3.63, 3.8) is 0 Å². The average molecular weight is 411 g/mol. The van der Waals surface area contributed by atoms with Gasteiger partial charge in [-0.05, 0) is 30.3 Å². The van der Waals surface area contributed by atoms with Crippen LogP contribution in [0.25, 0.3) is 10.9 Å². The van der Waals surface area contributed by atoms with Gasteiger partial charge in [-0.15, -0.1) is 11.3 Å². The highest BCUT2D eigenvalue weighted by Gasteiger charge is 2.18. The average Bonchev–Trinajstić information content (AvgIpc) is 3.12. The van der Waals surface area contributed by atoms with E-state index in [9.17, 15) is 9.59 Å². The SMILES string of the molecule is CC(=O)N(c1ccccc1)c1nc(Cn2cnc3cc(Cl)ccc3c2=O)cs1. The summed E-state index contributed by atoms with van der Waals surface area (Å²) in [4.78, 5) is 35.3. The third-order valence-corrected chi connectivity index (χ3v) is 5.29. The van der Waals surface area contributed by atoms with Gasteiger partial charge >= 0.3 is 0 Å². The van der Waals surface area contributed by atoms with Crippen LogP contribution in [-0.4, -0.2) is 20.4 Å². The number of benzene rings is 2. The van der Waals surface area contributed by atoms with Crippen LogP contribution in [0.3, 0.4) is 0 Å². The second-order valence-electron chi connectivity index (χ2n) is 6.15. The van der Waals surface area contributed by atoms with E-state index in [2.05, 4.69) is 9.97 Å². The van der Waals surface area contributed by atoms with Gasteiger partial charge in [-0.3, -0.25) is 19.1 Å². The van der Waals surface area contributed by atoms with Crippen LogP contribution in [-0.2, 0) is 11.3 Å². The summed E-state index contributed by atoms with van der Waals surface area (Å²) in [6.45, 7) is 1.76. The molecule has 140 valence electrons. The smallest absolute Gasteiger partial charge is 0.261 e. The van der Waals surface area contributed by atoms with E-state index in [1.165, 1.54) is 29.2 Å². The van der Waals surface area contributed by atoms with Gasteiger partial charge in [0.05, 0.1) is 35.2 Å². The molecule has 0 N–H and O–H groups in total. The maximum absolute atomic E-state index is 12.7. The predicted molar refractivity (Wildman–Crippen MR) is 111 cm³/mol. The number of rotatable bonds is 4. The molecule has 0 saturated carbocycles. The minimum absolute atomic E-state index is 0.131. The van der Waals surface area contributed by atoms with Gasteiger partial charge in [0, 0.05) is 17.3 Å². The minimum Gasteiger partial charge on any atom is -0.293 e. The molecule has 0 fully saturated rings. The molecule has 0 bridgehead atoms. The molecule has 8 heteroatoms. The predicted octanol–water partition coefficient (Wildman–Crippen LogP) is 4.24. The van der Waals surface area contributed by atoms with Crippen LogP contribution in [0.5, 0.6) is 0 Å². The highest BCUT2D eigenvalue weighted by atomic mass is 35.5. The largest absolute Gasteiger partial charge is 0.293 e. The molecular weight excluding hydrogens is 396 g/mol. The number of hydrogen-bond acceptors (Lipinski definition) is 5. The number of nitrogens with zero attached hydrogens (tertiary/aromatic N) is 4. The van der Waals surface area contributed by atoms with Crippen LogP contribution in [0, 0.1) is 0 Å². The highest BCUT2D eigenvalue weighted by Crippen LogP contribution is 2.28. The Labute approximate surface area is 169 Å². The van der Waals surface area contributed by atoms with Crippen molar-refractivity contribution in [1.82, 2.24) is 14.5 Å². The van der Waals surface area contributed by atoms with Crippen molar-refractivity contribution in [2.75, 3.05) is 4.90 Å². The fourth-order valence-electron chi connectivity index (χ4n) is 2.89. The molecule has 0 atom stereocenters. The van der Waals surface area contributed by atoms with E-state index >= 15 is 0 Å². The Bertz CT molecular complexity index is 1220. The topological polar surface area (TPSA) is 68.1 Å². The molecule has 2 heterocycles. The summed E-state index contributed by atoms with van der Waals surface area (Å²) in [7, 11) is 0. The normalized spacial score (nSPS) is 10.9. The second kappa shape index (κ2) is 7.53. The third-order valence-electron chi connectivity index (χ3n) is 4.18. The lowest BCUT2D eigenvalue weighted by atomic mass is 10.2. The van der Waals surface area contributed by atoms with Gasteiger partial charge in [0.2, 0.25) is 5.91 Å². The molecule has 4 aromatic rings. The maximum atomic E-state index is 12.7. The summed E-state index contributed by atoms with van der Waals surface area (Å²) < 4.78 is 1.50. The Hall–Kier alpha value is -3.03. The molecular formula is C20H15ClN4O2S. The summed E-state index contributed by atoms with van der Waals surface area (Å²) in [5.74, 6) is -0.131. The van der Waals surface area contributed by atoms with E-state index in [1.54, 1.807) is 23.1 Å². The quantitative estimate of drug-likeness (QED) is 0.504. The standard InChI is InChI=1S/C20H15ClN4O2S/c1-13(26)25(16-5-3-2-4-6-16)20-23-15(11-28-20)10-24-12-22-18-9-14(21)7-8-17(18)19(24)27/h2-9,11-12H,10H2,1H3. The molecule has 0 aliphatic heterocycles. The summed E-state index contributed by atoms with van der Waals surface area (Å²) in [5.41, 5.74) is 1.82. The first-order valence-corrected chi connectivity index (χ1v) is 9.73. The van der Waals surface area contributed by atoms with Crippen molar-refractivity contribution in [1.29, 1.82) is 0 Å². The fourth-order valence-corrected chi connectivity index (χ4v) is 3.94. The molecule has 0 saturated heterocycles. The number of carbonyl (C=O) groups is 1. The molecule has 6 nitrogen and oxygen atoms in total. The molecule has 0 radical (unpaired) electrons. The van der Waals surface area contributed by atoms with E-state index in [1.807, 2.05) is 35.7 Å². The van der Waals surface area contributed by atoms with Crippen molar-refractivity contribution >= 4 is 50.6 Å². The lowest BCUT2D eigenvalue weighted by Crippen LogP contribution is -2.23. The van der Waals surface area contributed by atoms with Gasteiger partial charge < -0.3 is 0 Å². The third kappa shape index (κ3) is 3.54. The van der Waals surface area contributed by atoms with Crippen LogP contribution in [0.1, 0.15) is 12.6 Å². The minimum atomic E-state index is -0.164. The van der Waals surface area contributed by atoms with Gasteiger partial charge in [-0.2, -0.15) is 0 Å². The Kier molecular flexibility index (Phi) is 4.93. The molecule has 0 unspecified atom stereocenters. The first kappa shape index (κ1) is 18.3. The number of anilines is 2. The van der Waals surface area contributed by atoms with Crippen molar-refractivity contribution < 1.29 is 4.79 Å². The summed E-state index contributed by atoms with van der Waals surface area (Å²) in [6, 6.07) is 14.3. The summed E-state index contributed by atoms with van der Waals surface area (Å²) >= 11 is 7.31. The molecule has 0 spiro atoms. The van der Waals surface area contributed by atoms with E-state index < -0.39 is 0 Å². The van der Waals surface area contributed by atoms with E-state index in [0.717, 1.165) is 5.69 Å². The van der Waals surface area contributed by atoms with Crippen molar-refractivity contribution in [2.24, 2.45) is 0 Å². The number of carbonyl (C=O) groups excluding carboxylic acids is 1. The maximum Gasteiger partial charge on any atom is 0.261 e. The molecule has 0 aliphatic rings. The van der Waals surface area contributed by atoms with Gasteiger partial charge in [-0.25, -0.2) is 9.97 Å². The van der Waals surface area contributed by atoms with Gasteiger partial charge in [0.25, 0.3) is 5.56 Å². The zero-order valence-corrected chi connectivity index (χ0v) is 16.4. The van der Waals surface area contributed by atoms with Crippen LogP contribution < -0.4 is 10.5 Å². The fraction of sp³-hybridized carbons (Fsp3) is 0.100. The van der Waals surface area contributed by atoms with Gasteiger partial charge in [-0.1, -0.05) is 29.8 Å². The zero-order chi connectivity index (χ0) is 19.7. The Morgan fingerprint density at radius 1 is 1.21 bits per heavy atom. The number of halogens is 1. The molecule has 28 heavy (non-hydrogen) atoms. The van der Waals surface area contributed by atoms with Crippen LogP contribution >= 0.6 is 22.9 Å². The molecule has 4 rings (SSSR count). The van der Waals surface area contributed by atoms with Crippen LogP contribution in [0.15, 0.2) is 65.0 Å². The lowest BCUT2D eigenvalue weighted by Gasteiger charge is -2.17. The van der Waals surface area contributed by atoms with E-state index in [-0.39, 0.29) is 18.0 Å². The van der Waals surface area contributed by atoms with E-state index in [0.29, 0.717) is 26.8 Å².